The topological polar surface area (TPSA) is 22.4 Å². The molecule has 1 aromatic carbocycles. The smallest absolute Gasteiger partial charge is 0.178 e. The van der Waals surface area contributed by atoms with Gasteiger partial charge in [0.1, 0.15) is 11.6 Å². The van der Waals surface area contributed by atoms with Gasteiger partial charge in [0.25, 0.3) is 0 Å². The van der Waals surface area contributed by atoms with E-state index in [2.05, 4.69) is 0 Å². The zero-order valence-electron chi connectivity index (χ0n) is 7.96. The van der Waals surface area contributed by atoms with Crippen LogP contribution in [0.15, 0.2) is 34.9 Å². The van der Waals surface area contributed by atoms with E-state index < -0.39 is 11.6 Å². The monoisotopic (exact) mass is 210 g/mol. The normalized spacial score (nSPS) is 10.3. The molecule has 0 aliphatic heterocycles. The minimum Gasteiger partial charge on any atom is -0.494 e. The lowest BCUT2D eigenvalue weighted by Gasteiger charge is -2.06. The van der Waals surface area contributed by atoms with Gasteiger partial charge in [-0.2, -0.15) is 0 Å². The van der Waals surface area contributed by atoms with Crippen LogP contribution in [-0.4, -0.2) is 7.11 Å². The van der Waals surface area contributed by atoms with Crippen LogP contribution < -0.4 is 4.74 Å². The van der Waals surface area contributed by atoms with E-state index in [9.17, 15) is 8.78 Å². The van der Waals surface area contributed by atoms with Gasteiger partial charge < -0.3 is 9.15 Å². The van der Waals surface area contributed by atoms with Crippen molar-refractivity contribution in [3.05, 3.63) is 42.2 Å². The Morgan fingerprint density at radius 2 is 2.00 bits per heavy atom. The molecule has 0 bridgehead atoms. The fraction of sp³-hybridized carbons (Fsp3) is 0.0909. The first-order chi connectivity index (χ1) is 7.24. The minimum absolute atomic E-state index is 0.0113. The van der Waals surface area contributed by atoms with Crippen LogP contribution in [0.25, 0.3) is 11.3 Å². The third-order valence-electron chi connectivity index (χ3n) is 2.04. The van der Waals surface area contributed by atoms with Crippen LogP contribution in [-0.2, 0) is 0 Å². The Labute approximate surface area is 85.1 Å². The van der Waals surface area contributed by atoms with Crippen LogP contribution >= 0.6 is 0 Å². The average Bonchev–Trinajstić information content (AvgIpc) is 2.71. The summed E-state index contributed by atoms with van der Waals surface area (Å²) in [5, 5.41) is 0. The zero-order chi connectivity index (χ0) is 10.8. The van der Waals surface area contributed by atoms with E-state index in [1.165, 1.54) is 25.5 Å². The Morgan fingerprint density at radius 3 is 2.60 bits per heavy atom. The van der Waals surface area contributed by atoms with Crippen molar-refractivity contribution in [1.29, 1.82) is 0 Å². The van der Waals surface area contributed by atoms with E-state index >= 15 is 0 Å². The van der Waals surface area contributed by atoms with Gasteiger partial charge in [-0.3, -0.25) is 0 Å². The second kappa shape index (κ2) is 3.73. The number of ether oxygens (including phenoxy) is 1. The molecule has 0 unspecified atom stereocenters. The van der Waals surface area contributed by atoms with E-state index in [0.29, 0.717) is 0 Å². The van der Waals surface area contributed by atoms with Crippen LogP contribution in [0.2, 0.25) is 0 Å². The number of hydrogen-bond acceptors (Lipinski definition) is 2. The molecule has 0 amide bonds. The predicted molar refractivity (Wildman–Crippen MR) is 50.6 cm³/mol. The first-order valence-electron chi connectivity index (χ1n) is 4.30. The molecule has 2 rings (SSSR count). The van der Waals surface area contributed by atoms with Crippen molar-refractivity contribution < 1.29 is 17.9 Å². The first-order valence-corrected chi connectivity index (χ1v) is 4.30. The van der Waals surface area contributed by atoms with Gasteiger partial charge in [-0.05, 0) is 24.3 Å². The molecule has 0 spiro atoms. The van der Waals surface area contributed by atoms with Gasteiger partial charge in [0.05, 0.1) is 18.9 Å². The second-order valence-corrected chi connectivity index (χ2v) is 2.92. The highest BCUT2D eigenvalue weighted by molar-refractivity contribution is 5.61. The van der Waals surface area contributed by atoms with E-state index in [1.54, 1.807) is 6.07 Å². The molecular weight excluding hydrogens is 202 g/mol. The summed E-state index contributed by atoms with van der Waals surface area (Å²) < 4.78 is 36.7. The van der Waals surface area contributed by atoms with Crippen molar-refractivity contribution in [2.24, 2.45) is 0 Å². The van der Waals surface area contributed by atoms with Crippen LogP contribution in [0.1, 0.15) is 0 Å². The molecule has 4 heteroatoms. The standard InChI is InChI=1S/C11H8F2O2/c1-14-9-5-4-7(12)10(11(9)13)8-3-2-6-15-8/h2-6H,1H3. The lowest BCUT2D eigenvalue weighted by molar-refractivity contribution is 0.384. The molecule has 78 valence electrons. The number of rotatable bonds is 2. The second-order valence-electron chi connectivity index (χ2n) is 2.92. The van der Waals surface area contributed by atoms with Crippen LogP contribution in [0, 0.1) is 11.6 Å². The summed E-state index contributed by atoms with van der Waals surface area (Å²) >= 11 is 0. The van der Waals surface area contributed by atoms with E-state index in [-0.39, 0.29) is 17.1 Å². The molecule has 0 atom stereocenters. The van der Waals surface area contributed by atoms with Gasteiger partial charge in [0.15, 0.2) is 11.6 Å². The maximum Gasteiger partial charge on any atom is 0.178 e. The summed E-state index contributed by atoms with van der Waals surface area (Å²) in [5.41, 5.74) is -0.209. The van der Waals surface area contributed by atoms with Crippen LogP contribution in [0.4, 0.5) is 8.78 Å². The third-order valence-corrected chi connectivity index (χ3v) is 2.04. The molecule has 2 nitrogen and oxygen atoms in total. The Morgan fingerprint density at radius 1 is 1.20 bits per heavy atom. The molecule has 0 N–H and O–H groups in total. The van der Waals surface area contributed by atoms with Crippen LogP contribution in [0.5, 0.6) is 5.75 Å². The molecule has 0 saturated carbocycles. The summed E-state index contributed by atoms with van der Waals surface area (Å²) in [7, 11) is 1.32. The van der Waals surface area contributed by atoms with Gasteiger partial charge in [0, 0.05) is 0 Å². The SMILES string of the molecule is COc1ccc(F)c(-c2ccco2)c1F. The molecular formula is C11H8F2O2. The Hall–Kier alpha value is -1.84. The number of benzene rings is 1. The highest BCUT2D eigenvalue weighted by Crippen LogP contribution is 2.31. The quantitative estimate of drug-likeness (QED) is 0.759. The molecule has 0 aliphatic carbocycles. The highest BCUT2D eigenvalue weighted by Gasteiger charge is 2.17. The van der Waals surface area contributed by atoms with Crippen molar-refractivity contribution in [2.45, 2.75) is 0 Å². The molecule has 1 heterocycles. The first kappa shape index (κ1) is 9.71. The average molecular weight is 210 g/mol. The molecule has 15 heavy (non-hydrogen) atoms. The number of methoxy groups -OCH3 is 1. The summed E-state index contributed by atoms with van der Waals surface area (Å²) in [6.07, 6.45) is 1.35. The summed E-state index contributed by atoms with van der Waals surface area (Å²) in [4.78, 5) is 0. The van der Waals surface area contributed by atoms with Crippen molar-refractivity contribution in [2.75, 3.05) is 7.11 Å². The van der Waals surface area contributed by atoms with Crippen molar-refractivity contribution in [3.8, 4) is 17.1 Å². The van der Waals surface area contributed by atoms with E-state index in [4.69, 9.17) is 9.15 Å². The Kier molecular flexibility index (Phi) is 2.41. The van der Waals surface area contributed by atoms with Crippen molar-refractivity contribution in [1.82, 2.24) is 0 Å². The molecule has 0 saturated heterocycles. The van der Waals surface area contributed by atoms with Gasteiger partial charge in [0.2, 0.25) is 0 Å². The molecule has 0 aliphatic rings. The minimum atomic E-state index is -0.757. The highest BCUT2D eigenvalue weighted by atomic mass is 19.1. The number of halogens is 2. The van der Waals surface area contributed by atoms with E-state index in [0.717, 1.165) is 6.07 Å². The Bertz CT molecular complexity index is 464. The lowest BCUT2D eigenvalue weighted by Crippen LogP contribution is -1.94. The van der Waals surface area contributed by atoms with Gasteiger partial charge in [-0.1, -0.05) is 0 Å². The lowest BCUT2D eigenvalue weighted by atomic mass is 10.1. The molecule has 1 aromatic heterocycles. The maximum atomic E-state index is 13.7. The van der Waals surface area contributed by atoms with Crippen molar-refractivity contribution in [3.63, 3.8) is 0 Å². The number of furan rings is 1. The van der Waals surface area contributed by atoms with Crippen molar-refractivity contribution >= 4 is 0 Å². The fourth-order valence-corrected chi connectivity index (χ4v) is 1.34. The number of hydrogen-bond donors (Lipinski definition) is 0. The zero-order valence-corrected chi connectivity index (χ0v) is 7.96. The third kappa shape index (κ3) is 1.58. The largest absolute Gasteiger partial charge is 0.494 e. The molecule has 0 fully saturated rings. The molecule has 0 radical (unpaired) electrons. The predicted octanol–water partition coefficient (Wildman–Crippen LogP) is 3.23. The van der Waals surface area contributed by atoms with Gasteiger partial charge in [-0.25, -0.2) is 8.78 Å². The summed E-state index contributed by atoms with van der Waals surface area (Å²) in [5.74, 6) is -1.30. The Balaban J connectivity index is 2.64. The van der Waals surface area contributed by atoms with E-state index in [1.807, 2.05) is 0 Å². The summed E-state index contributed by atoms with van der Waals surface area (Å²) in [6.45, 7) is 0. The van der Waals surface area contributed by atoms with Gasteiger partial charge >= 0.3 is 0 Å². The van der Waals surface area contributed by atoms with Gasteiger partial charge in [-0.15, -0.1) is 0 Å². The summed E-state index contributed by atoms with van der Waals surface area (Å²) in [6, 6.07) is 5.42. The molecule has 2 aromatic rings. The fourth-order valence-electron chi connectivity index (χ4n) is 1.34. The van der Waals surface area contributed by atoms with Crippen LogP contribution in [0.3, 0.4) is 0 Å². The maximum absolute atomic E-state index is 13.7.